The molecule has 224 valence electrons. The molecule has 3 heterocycles. The number of anilines is 1. The van der Waals surface area contributed by atoms with Crippen LogP contribution in [0.15, 0.2) is 73.3 Å². The molecule has 1 aliphatic heterocycles. The Labute approximate surface area is 244 Å². The van der Waals surface area contributed by atoms with Crippen LogP contribution in [-0.4, -0.2) is 77.4 Å². The highest BCUT2D eigenvalue weighted by molar-refractivity contribution is 7.89. The molecule has 15 heteroatoms. The monoisotopic (exact) mass is 614 g/mol. The van der Waals surface area contributed by atoms with Gasteiger partial charge in [-0.15, -0.1) is 0 Å². The van der Waals surface area contributed by atoms with Crippen LogP contribution in [0.25, 0.3) is 16.8 Å². The van der Waals surface area contributed by atoms with Crippen molar-refractivity contribution in [3.8, 4) is 22.6 Å². The zero-order valence-corrected chi connectivity index (χ0v) is 23.4. The number of hydrogen-bond acceptors (Lipinski definition) is 8. The standard InChI is InChI=1S/C28H25F3N6O5S/c1-43(41,42)34-26(39)18-2-4-23(5-3-18)35-6-8-36(9-7-35)27(40)19-10-22(28(29,30)31)13-24(11-19)37-17-21(15-33-37)20-12-25(38)16-32-14-20/h2-5,10-17,38H,6-9H2,1H3,(H,34,39). The van der Waals surface area contributed by atoms with E-state index in [1.165, 1.54) is 58.6 Å². The van der Waals surface area contributed by atoms with Crippen LogP contribution in [0.3, 0.4) is 0 Å². The van der Waals surface area contributed by atoms with Crippen LogP contribution in [0.1, 0.15) is 26.3 Å². The Bertz CT molecular complexity index is 1780. The van der Waals surface area contributed by atoms with Crippen molar-refractivity contribution in [3.05, 3.63) is 90.0 Å². The summed E-state index contributed by atoms with van der Waals surface area (Å²) < 4.78 is 67.2. The molecule has 1 fully saturated rings. The van der Waals surface area contributed by atoms with Gasteiger partial charge in [0.25, 0.3) is 11.8 Å². The van der Waals surface area contributed by atoms with E-state index in [1.54, 1.807) is 12.1 Å². The van der Waals surface area contributed by atoms with E-state index in [1.807, 2.05) is 9.62 Å². The molecule has 0 bridgehead atoms. The summed E-state index contributed by atoms with van der Waals surface area (Å²) in [6, 6.07) is 10.8. The van der Waals surface area contributed by atoms with Gasteiger partial charge in [-0.05, 0) is 48.5 Å². The van der Waals surface area contributed by atoms with E-state index in [0.717, 1.165) is 24.1 Å². The van der Waals surface area contributed by atoms with Crippen LogP contribution in [0.5, 0.6) is 5.75 Å². The molecule has 0 radical (unpaired) electrons. The maximum atomic E-state index is 13.8. The average molecular weight is 615 g/mol. The number of pyridine rings is 1. The van der Waals surface area contributed by atoms with Crippen molar-refractivity contribution in [2.75, 3.05) is 37.3 Å². The van der Waals surface area contributed by atoms with Crippen LogP contribution in [0, 0.1) is 0 Å². The number of aromatic hydroxyl groups is 1. The fourth-order valence-corrected chi connectivity index (χ4v) is 5.09. The van der Waals surface area contributed by atoms with Gasteiger partial charge in [0.1, 0.15) is 5.75 Å². The Kier molecular flexibility index (Phi) is 7.84. The first-order valence-corrected chi connectivity index (χ1v) is 14.7. The lowest BCUT2D eigenvalue weighted by Crippen LogP contribution is -2.48. The topological polar surface area (TPSA) is 138 Å². The molecule has 0 unspecified atom stereocenters. The summed E-state index contributed by atoms with van der Waals surface area (Å²) in [5, 5.41) is 13.9. The number of halogens is 3. The van der Waals surface area contributed by atoms with Crippen LogP contribution in [-0.2, 0) is 16.2 Å². The third-order valence-corrected chi connectivity index (χ3v) is 7.29. The molecule has 43 heavy (non-hydrogen) atoms. The van der Waals surface area contributed by atoms with Gasteiger partial charge in [0.15, 0.2) is 0 Å². The number of piperazine rings is 1. The second-order valence-corrected chi connectivity index (χ2v) is 11.6. The fraction of sp³-hybridized carbons (Fsp3) is 0.214. The number of rotatable bonds is 6. The molecule has 4 aromatic rings. The maximum Gasteiger partial charge on any atom is 0.416 e. The number of carbonyl (C=O) groups is 2. The zero-order chi connectivity index (χ0) is 30.9. The molecule has 2 aromatic carbocycles. The average Bonchev–Trinajstić information content (AvgIpc) is 3.46. The fourth-order valence-electron chi connectivity index (χ4n) is 4.63. The SMILES string of the molecule is CS(=O)(=O)NC(=O)c1ccc(N2CCN(C(=O)c3cc(-n4cc(-c5cncc(O)c5)cn4)cc(C(F)(F)F)c3)CC2)cc1. The molecule has 1 saturated heterocycles. The van der Waals surface area contributed by atoms with E-state index in [0.29, 0.717) is 24.2 Å². The van der Waals surface area contributed by atoms with Gasteiger partial charge in [0, 0.05) is 66.5 Å². The van der Waals surface area contributed by atoms with Crippen LogP contribution in [0.4, 0.5) is 18.9 Å². The van der Waals surface area contributed by atoms with Gasteiger partial charge in [0.2, 0.25) is 10.0 Å². The lowest BCUT2D eigenvalue weighted by atomic mass is 10.1. The number of nitrogens with zero attached hydrogens (tertiary/aromatic N) is 5. The van der Waals surface area contributed by atoms with Crippen LogP contribution < -0.4 is 9.62 Å². The lowest BCUT2D eigenvalue weighted by Gasteiger charge is -2.36. The number of alkyl halides is 3. The highest BCUT2D eigenvalue weighted by Gasteiger charge is 2.33. The zero-order valence-electron chi connectivity index (χ0n) is 22.6. The first kappa shape index (κ1) is 29.6. The van der Waals surface area contributed by atoms with Crippen molar-refractivity contribution in [3.63, 3.8) is 0 Å². The molecular formula is C28H25F3N6O5S. The Hall–Kier alpha value is -4.92. The second kappa shape index (κ2) is 11.4. The van der Waals surface area contributed by atoms with Crippen LogP contribution >= 0.6 is 0 Å². The predicted molar refractivity (Wildman–Crippen MR) is 150 cm³/mol. The highest BCUT2D eigenvalue weighted by Crippen LogP contribution is 2.33. The maximum absolute atomic E-state index is 13.8. The van der Waals surface area contributed by atoms with Gasteiger partial charge in [-0.2, -0.15) is 18.3 Å². The van der Waals surface area contributed by atoms with E-state index >= 15 is 0 Å². The van der Waals surface area contributed by atoms with Gasteiger partial charge >= 0.3 is 6.18 Å². The first-order chi connectivity index (χ1) is 20.3. The van der Waals surface area contributed by atoms with Crippen molar-refractivity contribution < 1.29 is 36.3 Å². The molecular weight excluding hydrogens is 589 g/mol. The van der Waals surface area contributed by atoms with Crippen molar-refractivity contribution in [1.82, 2.24) is 24.4 Å². The molecule has 2 N–H and O–H groups in total. The van der Waals surface area contributed by atoms with Gasteiger partial charge in [-0.1, -0.05) is 0 Å². The summed E-state index contributed by atoms with van der Waals surface area (Å²) in [5.41, 5.74) is 0.815. The molecule has 2 amide bonds. The van der Waals surface area contributed by atoms with Gasteiger partial charge < -0.3 is 14.9 Å². The van der Waals surface area contributed by atoms with E-state index in [4.69, 9.17) is 0 Å². The van der Waals surface area contributed by atoms with E-state index in [-0.39, 0.29) is 35.7 Å². The van der Waals surface area contributed by atoms with E-state index < -0.39 is 33.6 Å². The summed E-state index contributed by atoms with van der Waals surface area (Å²) in [7, 11) is -3.71. The summed E-state index contributed by atoms with van der Waals surface area (Å²) >= 11 is 0. The number of sulfonamides is 1. The van der Waals surface area contributed by atoms with Gasteiger partial charge in [0.05, 0.1) is 29.9 Å². The second-order valence-electron chi connectivity index (χ2n) is 9.90. The minimum absolute atomic E-state index is 0.0381. The number of hydrogen-bond donors (Lipinski definition) is 2. The summed E-state index contributed by atoms with van der Waals surface area (Å²) in [4.78, 5) is 32.7. The molecule has 11 nitrogen and oxygen atoms in total. The predicted octanol–water partition coefficient (Wildman–Crippen LogP) is 3.31. The number of benzene rings is 2. The lowest BCUT2D eigenvalue weighted by molar-refractivity contribution is -0.137. The van der Waals surface area contributed by atoms with Crippen LogP contribution in [0.2, 0.25) is 0 Å². The van der Waals surface area contributed by atoms with Gasteiger partial charge in [-0.25, -0.2) is 17.8 Å². The Morgan fingerprint density at radius 3 is 2.21 bits per heavy atom. The Morgan fingerprint density at radius 2 is 1.58 bits per heavy atom. The number of aromatic nitrogens is 3. The number of carbonyl (C=O) groups excluding carboxylic acids is 2. The Morgan fingerprint density at radius 1 is 0.884 bits per heavy atom. The third kappa shape index (κ3) is 6.94. The highest BCUT2D eigenvalue weighted by atomic mass is 32.2. The molecule has 0 atom stereocenters. The molecule has 0 saturated carbocycles. The molecule has 0 aliphatic carbocycles. The quantitative estimate of drug-likeness (QED) is 0.338. The summed E-state index contributed by atoms with van der Waals surface area (Å²) in [5.74, 6) is -1.40. The molecule has 1 aliphatic rings. The van der Waals surface area contributed by atoms with Gasteiger partial charge in [-0.3, -0.25) is 14.6 Å². The summed E-state index contributed by atoms with van der Waals surface area (Å²) in [6.45, 7) is 1.23. The van der Waals surface area contributed by atoms with Crippen molar-refractivity contribution >= 4 is 27.5 Å². The summed E-state index contributed by atoms with van der Waals surface area (Å²) in [6.07, 6.45) is 1.80. The minimum Gasteiger partial charge on any atom is -0.506 e. The first-order valence-electron chi connectivity index (χ1n) is 12.8. The normalized spacial score (nSPS) is 14.0. The molecule has 2 aromatic heterocycles. The molecule has 5 rings (SSSR count). The number of amides is 2. The smallest absolute Gasteiger partial charge is 0.416 e. The Balaban J connectivity index is 1.32. The van der Waals surface area contributed by atoms with Crippen molar-refractivity contribution in [1.29, 1.82) is 0 Å². The van der Waals surface area contributed by atoms with Crippen molar-refractivity contribution in [2.45, 2.75) is 6.18 Å². The van der Waals surface area contributed by atoms with Crippen molar-refractivity contribution in [2.24, 2.45) is 0 Å². The molecule has 0 spiro atoms. The largest absolute Gasteiger partial charge is 0.506 e. The van der Waals surface area contributed by atoms with E-state index in [9.17, 15) is 36.3 Å². The van der Waals surface area contributed by atoms with E-state index in [2.05, 4.69) is 10.1 Å². The minimum atomic E-state index is -4.71. The number of nitrogens with one attached hydrogen (secondary N) is 1. The third-order valence-electron chi connectivity index (χ3n) is 6.74.